The van der Waals surface area contributed by atoms with Gasteiger partial charge in [0.25, 0.3) is 0 Å². The van der Waals surface area contributed by atoms with E-state index < -0.39 is 14.3 Å². The molecule has 3 atom stereocenters. The molecule has 0 amide bonds. The molecule has 2 aromatic rings. The van der Waals surface area contributed by atoms with Gasteiger partial charge in [0.1, 0.15) is 5.54 Å². The lowest BCUT2D eigenvalue weighted by Gasteiger charge is -2.46. The maximum atomic E-state index is 4.24. The van der Waals surface area contributed by atoms with Crippen LogP contribution in [0.4, 0.5) is 11.4 Å². The summed E-state index contributed by atoms with van der Waals surface area (Å²) in [4.78, 5) is 2.80. The van der Waals surface area contributed by atoms with E-state index in [9.17, 15) is 0 Å². The third-order valence-electron chi connectivity index (χ3n) is 8.10. The average molecular weight is 711 g/mol. The lowest BCUT2D eigenvalue weighted by atomic mass is 9.89. The molecule has 2 aromatic carbocycles. The summed E-state index contributed by atoms with van der Waals surface area (Å²) in [5.74, 6) is 0. The maximum Gasteiger partial charge on any atom is 0.104 e. The molecule has 0 saturated carbocycles. The topological polar surface area (TPSA) is 24.1 Å². The molecule has 0 spiro atoms. The standard InChI is InChI=1S/C33H34Br2N2S2Si/c1-20-15-24-26(17-20)38-31(29(24)34)33(37-23-13-9-6-10-14-23,32-30(35)25-16-21(2)18-27(25)39-32)28(40(3)4)19-36-22-11-7-5-8-12-22/h5-18,26-28,36-37,40H,19H2,1-4H3. The van der Waals surface area contributed by atoms with Gasteiger partial charge in [-0.15, -0.1) is 23.5 Å². The smallest absolute Gasteiger partial charge is 0.104 e. The molecule has 0 aromatic heterocycles. The van der Waals surface area contributed by atoms with Crippen LogP contribution in [0.25, 0.3) is 0 Å². The van der Waals surface area contributed by atoms with Gasteiger partial charge in [0.05, 0.1) is 10.5 Å². The molecule has 6 rings (SSSR count). The van der Waals surface area contributed by atoms with Crippen LogP contribution in [-0.4, -0.2) is 31.4 Å². The summed E-state index contributed by atoms with van der Waals surface area (Å²) in [7, 11) is -1.28. The first-order chi connectivity index (χ1) is 19.3. The quantitative estimate of drug-likeness (QED) is 0.253. The zero-order valence-electron chi connectivity index (χ0n) is 23.2. The molecule has 2 heterocycles. The second kappa shape index (κ2) is 11.6. The first-order valence-corrected chi connectivity index (χ1v) is 20.2. The zero-order valence-corrected chi connectivity index (χ0v) is 29.1. The van der Waals surface area contributed by atoms with Crippen molar-refractivity contribution in [2.45, 2.75) is 48.5 Å². The fourth-order valence-electron chi connectivity index (χ4n) is 6.20. The van der Waals surface area contributed by atoms with E-state index in [0.717, 1.165) is 12.2 Å². The van der Waals surface area contributed by atoms with Gasteiger partial charge in [0, 0.05) is 51.0 Å². The number of allylic oxidation sites excluding steroid dienone is 6. The number of rotatable bonds is 9. The number of hydrogen-bond acceptors (Lipinski definition) is 4. The fraction of sp³-hybridized carbons (Fsp3) is 0.273. The second-order valence-corrected chi connectivity index (χ2v) is 18.5. The molecule has 40 heavy (non-hydrogen) atoms. The van der Waals surface area contributed by atoms with Crippen LogP contribution in [0.3, 0.4) is 0 Å². The van der Waals surface area contributed by atoms with Crippen molar-refractivity contribution in [3.63, 3.8) is 0 Å². The summed E-state index contributed by atoms with van der Waals surface area (Å²) in [6.07, 6.45) is 9.56. The highest BCUT2D eigenvalue weighted by atomic mass is 79.9. The summed E-state index contributed by atoms with van der Waals surface area (Å²) in [6.45, 7) is 10.3. The van der Waals surface area contributed by atoms with Crippen molar-refractivity contribution in [3.8, 4) is 0 Å². The van der Waals surface area contributed by atoms with Crippen LogP contribution in [-0.2, 0) is 0 Å². The van der Waals surface area contributed by atoms with E-state index in [2.05, 4.69) is 154 Å². The number of halogens is 2. The van der Waals surface area contributed by atoms with Gasteiger partial charge in [-0.2, -0.15) is 0 Å². The van der Waals surface area contributed by atoms with Crippen molar-refractivity contribution in [3.05, 3.63) is 126 Å². The van der Waals surface area contributed by atoms with Crippen LogP contribution in [0, 0.1) is 0 Å². The van der Waals surface area contributed by atoms with Gasteiger partial charge < -0.3 is 10.6 Å². The summed E-state index contributed by atoms with van der Waals surface area (Å²) in [5.41, 5.74) is 7.77. The molecule has 7 heteroatoms. The monoisotopic (exact) mass is 708 g/mol. The van der Waals surface area contributed by atoms with Crippen molar-refractivity contribution in [1.82, 2.24) is 0 Å². The Hall–Kier alpha value is -1.64. The lowest BCUT2D eigenvalue weighted by molar-refractivity contribution is 0.627. The molecule has 2 aliphatic carbocycles. The third kappa shape index (κ3) is 5.10. The molecular formula is C33H34Br2N2S2Si. The van der Waals surface area contributed by atoms with Crippen LogP contribution in [0.2, 0.25) is 18.6 Å². The highest BCUT2D eigenvalue weighted by Gasteiger charge is 2.55. The Kier molecular flexibility index (Phi) is 8.23. The Balaban J connectivity index is 1.57. The van der Waals surface area contributed by atoms with Crippen molar-refractivity contribution >= 4 is 75.6 Å². The van der Waals surface area contributed by atoms with Crippen LogP contribution >= 0.6 is 55.4 Å². The van der Waals surface area contributed by atoms with Gasteiger partial charge in [-0.25, -0.2) is 0 Å². The third-order valence-corrected chi connectivity index (χ3v) is 15.5. The van der Waals surface area contributed by atoms with Crippen LogP contribution in [0.5, 0.6) is 0 Å². The van der Waals surface area contributed by atoms with E-state index in [0.29, 0.717) is 16.0 Å². The maximum absolute atomic E-state index is 4.24. The first kappa shape index (κ1) is 28.5. The van der Waals surface area contributed by atoms with Gasteiger partial charge in [0.2, 0.25) is 0 Å². The molecule has 2 nitrogen and oxygen atoms in total. The van der Waals surface area contributed by atoms with Crippen molar-refractivity contribution < 1.29 is 0 Å². The predicted molar refractivity (Wildman–Crippen MR) is 189 cm³/mol. The molecule has 0 fully saturated rings. The summed E-state index contributed by atoms with van der Waals surface area (Å²) >= 11 is 12.4. The minimum atomic E-state index is -1.28. The normalized spacial score (nSPS) is 23.9. The number of para-hydroxylation sites is 2. The fourth-order valence-corrected chi connectivity index (χ4v) is 13.8. The number of thioether (sulfide) groups is 2. The predicted octanol–water partition coefficient (Wildman–Crippen LogP) is 10.0. The molecule has 3 unspecified atom stereocenters. The molecule has 2 N–H and O–H groups in total. The van der Waals surface area contributed by atoms with E-state index >= 15 is 0 Å². The zero-order chi connectivity index (χ0) is 28.0. The van der Waals surface area contributed by atoms with Crippen LogP contribution < -0.4 is 10.6 Å². The van der Waals surface area contributed by atoms with Gasteiger partial charge in [-0.3, -0.25) is 0 Å². The minimum Gasteiger partial charge on any atom is -0.385 e. The molecular weight excluding hydrogens is 676 g/mol. The van der Waals surface area contributed by atoms with Gasteiger partial charge in [-0.05, 0) is 81.1 Å². The number of fused-ring (bicyclic) bond motifs is 2. The highest BCUT2D eigenvalue weighted by molar-refractivity contribution is 9.12. The SMILES string of the molecule is CC1=CC2SC(C(Nc3ccccc3)(C3=C(Br)C4=CC(C)=CC4S3)C(CNc3ccccc3)[SiH](C)C)=C(Br)C2=C1. The van der Waals surface area contributed by atoms with Crippen molar-refractivity contribution in [2.24, 2.45) is 0 Å². The molecule has 0 radical (unpaired) electrons. The molecule has 206 valence electrons. The summed E-state index contributed by atoms with van der Waals surface area (Å²) in [5, 5.41) is 8.80. The van der Waals surface area contributed by atoms with E-state index in [1.807, 2.05) is 23.5 Å². The molecule has 0 saturated heterocycles. The summed E-state index contributed by atoms with van der Waals surface area (Å²) in [6, 6.07) is 21.5. The van der Waals surface area contributed by atoms with Gasteiger partial charge in [-0.1, -0.05) is 84.9 Å². The summed E-state index contributed by atoms with van der Waals surface area (Å²) < 4.78 is 2.51. The Labute approximate surface area is 265 Å². The number of hydrogen-bond donors (Lipinski definition) is 2. The van der Waals surface area contributed by atoms with Crippen LogP contribution in [0.1, 0.15) is 13.8 Å². The molecule has 4 aliphatic rings. The second-order valence-electron chi connectivity index (χ2n) is 11.3. The van der Waals surface area contributed by atoms with Crippen molar-refractivity contribution in [1.29, 1.82) is 0 Å². The lowest BCUT2D eigenvalue weighted by Crippen LogP contribution is -2.51. The minimum absolute atomic E-state index is 0.351. The Morgan fingerprint density at radius 2 is 1.25 bits per heavy atom. The van der Waals surface area contributed by atoms with Gasteiger partial charge in [0.15, 0.2) is 0 Å². The van der Waals surface area contributed by atoms with Crippen LogP contribution in [0.15, 0.2) is 126 Å². The number of anilines is 2. The first-order valence-electron chi connectivity index (χ1n) is 13.8. The van der Waals surface area contributed by atoms with E-state index in [4.69, 9.17) is 0 Å². The number of benzene rings is 2. The van der Waals surface area contributed by atoms with Gasteiger partial charge >= 0.3 is 0 Å². The van der Waals surface area contributed by atoms with E-state index in [1.54, 1.807) is 0 Å². The molecule has 0 bridgehead atoms. The largest absolute Gasteiger partial charge is 0.385 e. The van der Waals surface area contributed by atoms with E-state index in [1.165, 1.54) is 46.8 Å². The average Bonchev–Trinajstić information content (AvgIpc) is 3.66. The van der Waals surface area contributed by atoms with E-state index in [-0.39, 0.29) is 0 Å². The highest BCUT2D eigenvalue weighted by Crippen LogP contribution is 2.64. The Bertz CT molecular complexity index is 1440. The van der Waals surface area contributed by atoms with Crippen molar-refractivity contribution in [2.75, 3.05) is 17.2 Å². The Morgan fingerprint density at radius 1 is 0.775 bits per heavy atom. The Morgan fingerprint density at radius 3 is 1.70 bits per heavy atom. The molecule has 2 aliphatic heterocycles. The number of nitrogens with one attached hydrogen (secondary N) is 2.